The minimum Gasteiger partial charge on any atom is -0.481 e. The average Bonchev–Trinajstić information content (AvgIpc) is 3.08. The molecule has 0 spiro atoms. The Hall–Kier alpha value is -2.94. The third-order valence-corrected chi connectivity index (χ3v) is 5.93. The van der Waals surface area contributed by atoms with Crippen molar-refractivity contribution in [3.8, 4) is 5.69 Å². The molecule has 0 radical (unpaired) electrons. The van der Waals surface area contributed by atoms with E-state index in [-0.39, 0.29) is 24.1 Å². The summed E-state index contributed by atoms with van der Waals surface area (Å²) in [6.45, 7) is 2.30. The summed E-state index contributed by atoms with van der Waals surface area (Å²) in [7, 11) is 0. The van der Waals surface area contributed by atoms with Crippen LogP contribution in [-0.2, 0) is 4.79 Å². The Kier molecular flexibility index (Phi) is 4.99. The Morgan fingerprint density at radius 2 is 2.11 bits per heavy atom. The van der Waals surface area contributed by atoms with Gasteiger partial charge in [-0.05, 0) is 19.1 Å². The normalized spacial score (nSPS) is 17.0. The minimum atomic E-state index is -0.910. The number of carboxylic acid groups (broad SMARTS) is 1. The van der Waals surface area contributed by atoms with E-state index < -0.39 is 5.97 Å². The Balaban J connectivity index is 1.70. The first-order valence-corrected chi connectivity index (χ1v) is 10.1. The molecule has 1 N–H and O–H groups in total. The number of rotatable bonds is 4. The highest BCUT2D eigenvalue weighted by atomic mass is 32.2. The van der Waals surface area contributed by atoms with Gasteiger partial charge in [-0.25, -0.2) is 4.68 Å². The van der Waals surface area contributed by atoms with Crippen LogP contribution < -0.4 is 0 Å². The molecule has 28 heavy (non-hydrogen) atoms. The van der Waals surface area contributed by atoms with E-state index in [4.69, 9.17) is 5.11 Å². The molecule has 2 aromatic heterocycles. The van der Waals surface area contributed by atoms with Crippen molar-refractivity contribution in [1.29, 1.82) is 0 Å². The van der Waals surface area contributed by atoms with E-state index in [1.54, 1.807) is 34.5 Å². The minimum absolute atomic E-state index is 0.0703. The molecule has 4 rings (SSSR count). The predicted octanol–water partition coefficient (Wildman–Crippen LogP) is 2.16. The van der Waals surface area contributed by atoms with Gasteiger partial charge in [0.25, 0.3) is 5.91 Å². The van der Waals surface area contributed by atoms with Crippen molar-refractivity contribution >= 4 is 34.5 Å². The average molecular weight is 397 g/mol. The molecular weight excluding hydrogens is 378 g/mol. The number of fused-ring (bicyclic) bond motifs is 1. The zero-order chi connectivity index (χ0) is 19.7. The number of nitrogens with zero attached hydrogens (tertiary/aromatic N) is 5. The maximum absolute atomic E-state index is 13.1. The standard InChI is InChI=1S/C19H19N5O3S/c1-12-17(19(27)23-8-9-28-11-14(23)10-16(25)26)21-22-24(12)15-6-2-4-13-5-3-7-20-18(13)15/h2-7,14H,8-11H2,1H3,(H,25,26). The number of aliphatic carboxylic acids is 1. The van der Waals surface area contributed by atoms with E-state index in [2.05, 4.69) is 15.3 Å². The van der Waals surface area contributed by atoms with Gasteiger partial charge < -0.3 is 10.0 Å². The molecule has 1 unspecified atom stereocenters. The number of aromatic nitrogens is 4. The molecular formula is C19H19N5O3S. The number of carbonyl (C=O) groups is 2. The highest BCUT2D eigenvalue weighted by molar-refractivity contribution is 7.99. The van der Waals surface area contributed by atoms with E-state index in [1.165, 1.54) is 0 Å². The van der Waals surface area contributed by atoms with E-state index in [0.717, 1.165) is 22.3 Å². The van der Waals surface area contributed by atoms with Crippen LogP contribution in [0, 0.1) is 6.92 Å². The molecule has 1 amide bonds. The molecule has 1 atom stereocenters. The van der Waals surface area contributed by atoms with Crippen molar-refractivity contribution < 1.29 is 14.7 Å². The number of thioether (sulfide) groups is 1. The predicted molar refractivity (Wildman–Crippen MR) is 106 cm³/mol. The molecule has 0 aliphatic carbocycles. The summed E-state index contributed by atoms with van der Waals surface area (Å²) in [5.41, 5.74) is 2.37. The summed E-state index contributed by atoms with van der Waals surface area (Å²) in [4.78, 5) is 30.3. The zero-order valence-corrected chi connectivity index (χ0v) is 16.1. The quantitative estimate of drug-likeness (QED) is 0.720. The van der Waals surface area contributed by atoms with Crippen LogP contribution in [0.2, 0.25) is 0 Å². The van der Waals surface area contributed by atoms with E-state index in [0.29, 0.717) is 18.0 Å². The molecule has 1 aromatic carbocycles. The van der Waals surface area contributed by atoms with E-state index in [9.17, 15) is 9.59 Å². The van der Waals surface area contributed by atoms with Gasteiger partial charge in [-0.1, -0.05) is 23.4 Å². The maximum Gasteiger partial charge on any atom is 0.305 e. The van der Waals surface area contributed by atoms with Crippen LogP contribution in [0.15, 0.2) is 36.5 Å². The number of pyridine rings is 1. The first-order valence-electron chi connectivity index (χ1n) is 8.93. The number of hydrogen-bond donors (Lipinski definition) is 1. The van der Waals surface area contributed by atoms with Gasteiger partial charge in [-0.15, -0.1) is 5.10 Å². The Morgan fingerprint density at radius 1 is 1.29 bits per heavy atom. The van der Waals surface area contributed by atoms with Crippen LogP contribution >= 0.6 is 11.8 Å². The summed E-state index contributed by atoms with van der Waals surface area (Å²) in [6.07, 6.45) is 1.64. The van der Waals surface area contributed by atoms with Gasteiger partial charge in [0.05, 0.1) is 29.4 Å². The monoisotopic (exact) mass is 397 g/mol. The summed E-state index contributed by atoms with van der Waals surface area (Å²) < 4.78 is 1.62. The Bertz CT molecular complexity index is 1050. The van der Waals surface area contributed by atoms with Crippen LogP contribution in [0.4, 0.5) is 0 Å². The number of benzene rings is 1. The highest BCUT2D eigenvalue weighted by Gasteiger charge is 2.32. The van der Waals surface area contributed by atoms with E-state index >= 15 is 0 Å². The second-order valence-corrected chi connectivity index (χ2v) is 7.76. The van der Waals surface area contributed by atoms with Gasteiger partial charge in [0, 0.05) is 29.6 Å². The van der Waals surface area contributed by atoms with Crippen LogP contribution in [0.3, 0.4) is 0 Å². The Morgan fingerprint density at radius 3 is 2.93 bits per heavy atom. The molecule has 3 heterocycles. The number of carbonyl (C=O) groups excluding carboxylic acids is 1. The molecule has 1 fully saturated rings. The second kappa shape index (κ2) is 7.59. The van der Waals surface area contributed by atoms with Gasteiger partial charge in [0.15, 0.2) is 5.69 Å². The summed E-state index contributed by atoms with van der Waals surface area (Å²) in [5.74, 6) is 0.205. The number of amides is 1. The fourth-order valence-corrected chi connectivity index (χ4v) is 4.51. The van der Waals surface area contributed by atoms with Crippen molar-refractivity contribution in [2.75, 3.05) is 18.1 Å². The first kappa shape index (κ1) is 18.4. The third kappa shape index (κ3) is 3.33. The second-order valence-electron chi connectivity index (χ2n) is 6.61. The number of para-hydroxylation sites is 1. The largest absolute Gasteiger partial charge is 0.481 e. The lowest BCUT2D eigenvalue weighted by molar-refractivity contribution is -0.138. The number of hydrogen-bond acceptors (Lipinski definition) is 6. The summed E-state index contributed by atoms with van der Waals surface area (Å²) >= 11 is 1.66. The number of carboxylic acids is 1. The summed E-state index contributed by atoms with van der Waals surface area (Å²) in [5, 5.41) is 18.5. The van der Waals surface area contributed by atoms with Crippen molar-refractivity contribution in [1.82, 2.24) is 24.9 Å². The Labute approximate surface area is 165 Å². The van der Waals surface area contributed by atoms with Crippen molar-refractivity contribution in [2.45, 2.75) is 19.4 Å². The molecule has 144 valence electrons. The van der Waals surface area contributed by atoms with Gasteiger partial charge in [-0.3, -0.25) is 14.6 Å². The van der Waals surface area contributed by atoms with Crippen molar-refractivity contribution in [3.63, 3.8) is 0 Å². The van der Waals surface area contributed by atoms with Crippen molar-refractivity contribution in [2.24, 2.45) is 0 Å². The van der Waals surface area contributed by atoms with Gasteiger partial charge in [0.2, 0.25) is 0 Å². The molecule has 8 nitrogen and oxygen atoms in total. The fourth-order valence-electron chi connectivity index (χ4n) is 3.44. The van der Waals surface area contributed by atoms with Gasteiger partial charge in [-0.2, -0.15) is 11.8 Å². The SMILES string of the molecule is Cc1c(C(=O)N2CCSCC2CC(=O)O)nnn1-c1cccc2cccnc12. The van der Waals surface area contributed by atoms with Crippen molar-refractivity contribution in [3.05, 3.63) is 47.9 Å². The topological polar surface area (TPSA) is 101 Å². The fraction of sp³-hybridized carbons (Fsp3) is 0.316. The molecule has 1 aliphatic rings. The zero-order valence-electron chi connectivity index (χ0n) is 15.3. The molecule has 0 saturated carbocycles. The molecule has 3 aromatic rings. The van der Waals surface area contributed by atoms with Gasteiger partial charge in [0.1, 0.15) is 0 Å². The lowest BCUT2D eigenvalue weighted by Gasteiger charge is -2.34. The first-order chi connectivity index (χ1) is 13.6. The highest BCUT2D eigenvalue weighted by Crippen LogP contribution is 2.24. The third-order valence-electron chi connectivity index (χ3n) is 4.84. The molecule has 0 bridgehead atoms. The lowest BCUT2D eigenvalue weighted by Crippen LogP contribution is -2.47. The van der Waals surface area contributed by atoms with Crippen LogP contribution in [0.1, 0.15) is 22.6 Å². The summed E-state index contributed by atoms with van der Waals surface area (Å²) in [6, 6.07) is 9.25. The van der Waals surface area contributed by atoms with Crippen LogP contribution in [0.25, 0.3) is 16.6 Å². The van der Waals surface area contributed by atoms with Crippen LogP contribution in [0.5, 0.6) is 0 Å². The van der Waals surface area contributed by atoms with Gasteiger partial charge >= 0.3 is 5.97 Å². The smallest absolute Gasteiger partial charge is 0.305 e. The van der Waals surface area contributed by atoms with E-state index in [1.807, 2.05) is 30.3 Å². The molecule has 1 saturated heterocycles. The van der Waals surface area contributed by atoms with Crippen LogP contribution in [-0.4, -0.2) is 66.0 Å². The maximum atomic E-state index is 13.1. The molecule has 9 heteroatoms. The molecule has 1 aliphatic heterocycles. The lowest BCUT2D eigenvalue weighted by atomic mass is 10.1.